The summed E-state index contributed by atoms with van der Waals surface area (Å²) >= 11 is 0. The van der Waals surface area contributed by atoms with Crippen molar-refractivity contribution in [1.29, 1.82) is 0 Å². The van der Waals surface area contributed by atoms with Crippen LogP contribution in [0, 0.1) is 0 Å². The fourth-order valence-corrected chi connectivity index (χ4v) is 3.98. The summed E-state index contributed by atoms with van der Waals surface area (Å²) in [5, 5.41) is 0. The molecule has 0 unspecified atom stereocenters. The van der Waals surface area contributed by atoms with Crippen molar-refractivity contribution in [3.63, 3.8) is 0 Å². The van der Waals surface area contributed by atoms with Crippen LogP contribution in [-0.2, 0) is 18.3 Å². The van der Waals surface area contributed by atoms with Crippen LogP contribution in [0.15, 0.2) is 82.0 Å². The second kappa shape index (κ2) is 11.2. The lowest BCUT2D eigenvalue weighted by Crippen LogP contribution is -2.16. The molecule has 0 spiro atoms. The van der Waals surface area contributed by atoms with E-state index in [-0.39, 0.29) is 23.9 Å². The molecule has 0 amide bonds. The Hall–Kier alpha value is -5.34. The zero-order valence-corrected chi connectivity index (χ0v) is 21.7. The molecular weight excluding hydrogens is 588 g/mol. The summed E-state index contributed by atoms with van der Waals surface area (Å²) in [4.78, 5) is 31.1. The lowest BCUT2D eigenvalue weighted by atomic mass is 10.1. The van der Waals surface area contributed by atoms with Gasteiger partial charge in [0, 0.05) is 18.2 Å². The smallest absolute Gasteiger partial charge is 0.424 e. The van der Waals surface area contributed by atoms with Crippen LogP contribution in [0.2, 0.25) is 0 Å². The summed E-state index contributed by atoms with van der Waals surface area (Å²) in [6.07, 6.45) is -9.35. The van der Waals surface area contributed by atoms with Crippen molar-refractivity contribution in [3.05, 3.63) is 89.0 Å². The van der Waals surface area contributed by atoms with Crippen LogP contribution in [-0.4, -0.2) is 33.2 Å². The molecule has 0 bridgehead atoms. The maximum atomic E-state index is 12.1. The number of esters is 1. The van der Waals surface area contributed by atoms with Crippen molar-refractivity contribution in [2.45, 2.75) is 19.1 Å². The van der Waals surface area contributed by atoms with Crippen LogP contribution in [0.1, 0.15) is 5.69 Å². The molecule has 1 aliphatic rings. The summed E-state index contributed by atoms with van der Waals surface area (Å²) in [5.41, 5.74) is 3.48. The molecule has 0 saturated heterocycles. The number of ether oxygens (including phenoxy) is 3. The Kier molecular flexibility index (Phi) is 7.56. The van der Waals surface area contributed by atoms with Crippen LogP contribution in [0.4, 0.5) is 26.3 Å². The van der Waals surface area contributed by atoms with Crippen molar-refractivity contribution in [2.75, 3.05) is 0 Å². The number of halogens is 6. The maximum absolute atomic E-state index is 12.1. The van der Waals surface area contributed by atoms with Gasteiger partial charge in [-0.05, 0) is 72.8 Å². The number of rotatable bonds is 4. The molecule has 0 N–H and O–H groups in total. The van der Waals surface area contributed by atoms with Crippen molar-refractivity contribution < 1.29 is 49.8 Å². The molecule has 15 heteroatoms. The maximum Gasteiger partial charge on any atom is 0.573 e. The van der Waals surface area contributed by atoms with Crippen LogP contribution in [0.25, 0.3) is 33.7 Å². The van der Waals surface area contributed by atoms with Crippen LogP contribution < -0.4 is 20.0 Å². The van der Waals surface area contributed by atoms with E-state index in [1.54, 1.807) is 24.3 Å². The third-order valence-electron chi connectivity index (χ3n) is 5.86. The highest BCUT2D eigenvalue weighted by molar-refractivity contribution is 5.80. The highest BCUT2D eigenvalue weighted by Gasteiger charge is 2.31. The quantitative estimate of drug-likeness (QED) is 0.176. The van der Waals surface area contributed by atoms with Crippen LogP contribution >= 0.6 is 0 Å². The van der Waals surface area contributed by atoms with Gasteiger partial charge in [0.1, 0.15) is 11.5 Å². The fourth-order valence-electron chi connectivity index (χ4n) is 3.98. The number of oxazole rings is 1. The SMILES string of the molecule is Cn1c(=O)oc2ccc(-c3ccc(OC(F)(F)F)cc3)nc21.O=C1Cc2nc(-c3ccc(OC(F)(F)F)cc3)ccc2O1. The van der Waals surface area contributed by atoms with E-state index in [1.165, 1.54) is 60.1 Å². The molecule has 0 radical (unpaired) electrons. The Morgan fingerprint density at radius 1 is 0.721 bits per heavy atom. The molecule has 4 heterocycles. The van der Waals surface area contributed by atoms with Gasteiger partial charge in [0.05, 0.1) is 23.5 Å². The zero-order valence-electron chi connectivity index (χ0n) is 21.7. The first-order chi connectivity index (χ1) is 20.2. The Bertz CT molecular complexity index is 1850. The second-order valence-electron chi connectivity index (χ2n) is 8.88. The fraction of sp³-hybridized carbons (Fsp3) is 0.143. The number of nitrogens with zero attached hydrogens (tertiary/aromatic N) is 3. The summed E-state index contributed by atoms with van der Waals surface area (Å²) in [6, 6.07) is 17.1. The Labute approximate surface area is 236 Å². The Morgan fingerprint density at radius 3 is 1.77 bits per heavy atom. The van der Waals surface area contributed by atoms with E-state index in [2.05, 4.69) is 19.4 Å². The van der Waals surface area contributed by atoms with Gasteiger partial charge >= 0.3 is 24.5 Å². The monoisotopic (exact) mass is 605 g/mol. The predicted molar refractivity (Wildman–Crippen MR) is 137 cm³/mol. The number of fused-ring (bicyclic) bond motifs is 2. The van der Waals surface area contributed by atoms with Crippen molar-refractivity contribution in [1.82, 2.24) is 14.5 Å². The van der Waals surface area contributed by atoms with E-state index in [9.17, 15) is 35.9 Å². The summed E-state index contributed by atoms with van der Waals surface area (Å²) < 4.78 is 91.3. The van der Waals surface area contributed by atoms with Crippen molar-refractivity contribution in [3.8, 4) is 39.8 Å². The van der Waals surface area contributed by atoms with Gasteiger partial charge in [-0.15, -0.1) is 26.3 Å². The van der Waals surface area contributed by atoms with Gasteiger partial charge < -0.3 is 18.6 Å². The Balaban J connectivity index is 0.000000171. The number of pyridine rings is 2. The van der Waals surface area contributed by atoms with Gasteiger partial charge in [-0.3, -0.25) is 9.36 Å². The standard InChI is InChI=1S/C14H9F3N2O3.C14H8F3NO3/c1-19-12-11(21-13(19)20)7-6-10(18-12)8-2-4-9(5-3-8)22-14(15,16)17;15-14(16,17)21-9-3-1-8(2-4-9)10-5-6-12-11(18-10)7-13(19)20-12/h2-7H,1H3;1-6H,7H2. The number of hydrogen-bond donors (Lipinski definition) is 0. The van der Waals surface area contributed by atoms with E-state index in [1.807, 2.05) is 0 Å². The van der Waals surface area contributed by atoms with Crippen LogP contribution in [0.3, 0.4) is 0 Å². The summed E-state index contributed by atoms with van der Waals surface area (Å²) in [5.74, 6) is -1.10. The predicted octanol–water partition coefficient (Wildman–Crippen LogP) is 6.20. The number of hydrogen-bond acceptors (Lipinski definition) is 8. The van der Waals surface area contributed by atoms with E-state index in [0.29, 0.717) is 45.2 Å². The first-order valence-corrected chi connectivity index (χ1v) is 12.1. The van der Waals surface area contributed by atoms with Crippen molar-refractivity contribution in [2.24, 2.45) is 7.05 Å². The van der Waals surface area contributed by atoms with E-state index < -0.39 is 18.5 Å². The minimum atomic E-state index is -4.73. The molecule has 0 atom stereocenters. The molecule has 0 fully saturated rings. The van der Waals surface area contributed by atoms with Gasteiger partial charge in [0.25, 0.3) is 0 Å². The summed E-state index contributed by atoms with van der Waals surface area (Å²) in [7, 11) is 1.52. The number of carbonyl (C=O) groups is 1. The molecule has 43 heavy (non-hydrogen) atoms. The lowest BCUT2D eigenvalue weighted by Gasteiger charge is -2.09. The average molecular weight is 605 g/mol. The number of carbonyl (C=O) groups excluding carboxylic acids is 1. The molecule has 2 aromatic carbocycles. The molecule has 1 aliphatic heterocycles. The molecule has 3 aromatic heterocycles. The topological polar surface area (TPSA) is 106 Å². The first-order valence-electron chi connectivity index (χ1n) is 12.1. The van der Waals surface area contributed by atoms with Crippen LogP contribution in [0.5, 0.6) is 17.2 Å². The number of aromatic nitrogens is 3. The number of alkyl halides is 6. The van der Waals surface area contributed by atoms with Crippen molar-refractivity contribution >= 4 is 17.2 Å². The van der Waals surface area contributed by atoms with Gasteiger partial charge in [-0.2, -0.15) is 0 Å². The molecule has 0 saturated carbocycles. The van der Waals surface area contributed by atoms with E-state index in [4.69, 9.17) is 9.15 Å². The minimum absolute atomic E-state index is 0.0957. The molecule has 222 valence electrons. The molecule has 5 aromatic rings. The normalized spacial score (nSPS) is 12.8. The number of benzene rings is 2. The minimum Gasteiger partial charge on any atom is -0.424 e. The molecule has 9 nitrogen and oxygen atoms in total. The van der Waals surface area contributed by atoms with Gasteiger partial charge in [0.15, 0.2) is 17.0 Å². The zero-order chi connectivity index (χ0) is 30.9. The van der Waals surface area contributed by atoms with E-state index >= 15 is 0 Å². The van der Waals surface area contributed by atoms with Gasteiger partial charge in [0.2, 0.25) is 0 Å². The lowest BCUT2D eigenvalue weighted by molar-refractivity contribution is -0.275. The molecular formula is C28H17F6N3O6. The molecule has 0 aliphatic carbocycles. The average Bonchev–Trinajstić information content (AvgIpc) is 3.45. The van der Waals surface area contributed by atoms with E-state index in [0.717, 1.165) is 0 Å². The Morgan fingerprint density at radius 2 is 1.23 bits per heavy atom. The third-order valence-corrected chi connectivity index (χ3v) is 5.86. The third kappa shape index (κ3) is 7.12. The second-order valence-corrected chi connectivity index (χ2v) is 8.88. The highest BCUT2D eigenvalue weighted by atomic mass is 19.4. The largest absolute Gasteiger partial charge is 0.573 e. The highest BCUT2D eigenvalue weighted by Crippen LogP contribution is 2.30. The van der Waals surface area contributed by atoms with Gasteiger partial charge in [-0.25, -0.2) is 14.8 Å². The summed E-state index contributed by atoms with van der Waals surface area (Å²) in [6.45, 7) is 0. The first kappa shape index (κ1) is 29.2. The molecule has 6 rings (SSSR count). The number of aryl methyl sites for hydroxylation is 1. The van der Waals surface area contributed by atoms with Gasteiger partial charge in [-0.1, -0.05) is 0 Å².